The first-order chi connectivity index (χ1) is 11.9. The van der Waals surface area contributed by atoms with Crippen molar-refractivity contribution in [2.24, 2.45) is 0 Å². The molecule has 0 heterocycles. The number of ether oxygens (including phenoxy) is 1. The molecule has 1 aliphatic rings. The van der Waals surface area contributed by atoms with Gasteiger partial charge in [-0.15, -0.1) is 0 Å². The van der Waals surface area contributed by atoms with Crippen LogP contribution in [0.15, 0.2) is 53.4 Å². The van der Waals surface area contributed by atoms with Crippen LogP contribution in [0.3, 0.4) is 0 Å². The van der Waals surface area contributed by atoms with Crippen LogP contribution in [0.2, 0.25) is 0 Å². The second-order valence-electron chi connectivity index (χ2n) is 6.30. The number of nitrogens with zero attached hydrogens (tertiary/aromatic N) is 1. The minimum absolute atomic E-state index is 0.150. The van der Waals surface area contributed by atoms with Crippen LogP contribution >= 0.6 is 0 Å². The van der Waals surface area contributed by atoms with E-state index in [9.17, 15) is 13.2 Å². The molecule has 0 bridgehead atoms. The summed E-state index contributed by atoms with van der Waals surface area (Å²) in [6.45, 7) is 0. The van der Waals surface area contributed by atoms with Crippen molar-refractivity contribution >= 4 is 16.0 Å². The molecule has 132 valence electrons. The fourth-order valence-electron chi connectivity index (χ4n) is 3.00. The Hall–Kier alpha value is -2.18. The van der Waals surface area contributed by atoms with E-state index in [1.165, 1.54) is 43.9 Å². The summed E-state index contributed by atoms with van der Waals surface area (Å²) in [5, 5.41) is 0. The Morgan fingerprint density at radius 3 is 2.44 bits per heavy atom. The molecule has 0 saturated heterocycles. The molecule has 1 atom stereocenters. The molecule has 5 nitrogen and oxygen atoms in total. The van der Waals surface area contributed by atoms with Gasteiger partial charge < -0.3 is 4.74 Å². The third kappa shape index (κ3) is 3.60. The standard InChI is InChI=1S/C19H21NO4S/c1-20(2)25(22,23)16-12-10-15(11-13-16)19(21)24-18-9-5-7-14-6-3-4-8-17(14)18/h3-4,6,8,10-13,18H,5,7,9H2,1-2H3/t18-/m0/s1. The highest BCUT2D eigenvalue weighted by Gasteiger charge is 2.24. The Morgan fingerprint density at radius 2 is 1.76 bits per heavy atom. The Labute approximate surface area is 148 Å². The zero-order valence-electron chi connectivity index (χ0n) is 14.3. The second-order valence-corrected chi connectivity index (χ2v) is 8.45. The van der Waals surface area contributed by atoms with Gasteiger partial charge in [0, 0.05) is 14.1 Å². The maximum Gasteiger partial charge on any atom is 0.338 e. The van der Waals surface area contributed by atoms with Gasteiger partial charge in [-0.05, 0) is 54.7 Å². The highest BCUT2D eigenvalue weighted by atomic mass is 32.2. The normalized spacial score (nSPS) is 17.2. The van der Waals surface area contributed by atoms with Crippen LogP contribution in [0.4, 0.5) is 0 Å². The van der Waals surface area contributed by atoms with E-state index in [0.29, 0.717) is 5.56 Å². The molecule has 0 amide bonds. The molecule has 0 aliphatic heterocycles. The van der Waals surface area contributed by atoms with Crippen molar-refractivity contribution in [2.75, 3.05) is 14.1 Å². The van der Waals surface area contributed by atoms with Crippen LogP contribution in [0.5, 0.6) is 0 Å². The molecule has 0 unspecified atom stereocenters. The predicted molar refractivity (Wildman–Crippen MR) is 94.9 cm³/mol. The van der Waals surface area contributed by atoms with E-state index in [0.717, 1.165) is 29.1 Å². The lowest BCUT2D eigenvalue weighted by molar-refractivity contribution is 0.0256. The largest absolute Gasteiger partial charge is 0.454 e. The van der Waals surface area contributed by atoms with Crippen molar-refractivity contribution in [1.82, 2.24) is 4.31 Å². The average Bonchev–Trinajstić information content (AvgIpc) is 2.62. The van der Waals surface area contributed by atoms with Crippen molar-refractivity contribution in [3.8, 4) is 0 Å². The van der Waals surface area contributed by atoms with Crippen LogP contribution in [-0.4, -0.2) is 32.8 Å². The van der Waals surface area contributed by atoms with Crippen LogP contribution in [0, 0.1) is 0 Å². The van der Waals surface area contributed by atoms with Crippen LogP contribution in [0.1, 0.15) is 40.4 Å². The summed E-state index contributed by atoms with van der Waals surface area (Å²) in [6.07, 6.45) is 2.54. The summed E-state index contributed by atoms with van der Waals surface area (Å²) in [6, 6.07) is 13.9. The van der Waals surface area contributed by atoms with Gasteiger partial charge in [0.2, 0.25) is 10.0 Å². The lowest BCUT2D eigenvalue weighted by atomic mass is 9.89. The number of aryl methyl sites for hydroxylation is 1. The first kappa shape index (κ1) is 17.6. The van der Waals surface area contributed by atoms with E-state index in [2.05, 4.69) is 6.07 Å². The van der Waals surface area contributed by atoms with Gasteiger partial charge in [0.25, 0.3) is 0 Å². The summed E-state index contributed by atoms with van der Waals surface area (Å²) in [4.78, 5) is 12.6. The molecular weight excluding hydrogens is 338 g/mol. The van der Waals surface area contributed by atoms with Crippen molar-refractivity contribution in [3.63, 3.8) is 0 Å². The Kier molecular flexibility index (Phi) is 4.92. The number of carbonyl (C=O) groups excluding carboxylic acids is 1. The Morgan fingerprint density at radius 1 is 1.08 bits per heavy atom. The van der Waals surface area contributed by atoms with Crippen molar-refractivity contribution in [1.29, 1.82) is 0 Å². The molecule has 2 aromatic rings. The molecule has 0 radical (unpaired) electrons. The van der Waals surface area contributed by atoms with Crippen molar-refractivity contribution in [2.45, 2.75) is 30.3 Å². The fourth-order valence-corrected chi connectivity index (χ4v) is 3.90. The summed E-state index contributed by atoms with van der Waals surface area (Å²) in [5.41, 5.74) is 2.63. The van der Waals surface area contributed by atoms with E-state index in [1.807, 2.05) is 18.2 Å². The third-order valence-corrected chi connectivity index (χ3v) is 6.26. The van der Waals surface area contributed by atoms with Gasteiger partial charge in [0.05, 0.1) is 10.5 Å². The molecule has 0 N–H and O–H groups in total. The predicted octanol–water partition coefficient (Wildman–Crippen LogP) is 3.17. The van der Waals surface area contributed by atoms with E-state index in [1.54, 1.807) is 0 Å². The molecule has 1 aliphatic carbocycles. The second kappa shape index (κ2) is 6.98. The highest BCUT2D eigenvalue weighted by molar-refractivity contribution is 7.89. The minimum Gasteiger partial charge on any atom is -0.454 e. The maximum atomic E-state index is 12.4. The van der Waals surface area contributed by atoms with E-state index in [4.69, 9.17) is 4.74 Å². The molecule has 0 saturated carbocycles. The number of hydrogen-bond donors (Lipinski definition) is 0. The number of esters is 1. The highest BCUT2D eigenvalue weighted by Crippen LogP contribution is 2.33. The molecule has 0 aromatic heterocycles. The van der Waals surface area contributed by atoms with Gasteiger partial charge >= 0.3 is 5.97 Å². The summed E-state index contributed by atoms with van der Waals surface area (Å²) < 4.78 is 31.0. The first-order valence-corrected chi connectivity index (χ1v) is 9.65. The molecular formula is C19H21NO4S. The van der Waals surface area contributed by atoms with E-state index < -0.39 is 16.0 Å². The van der Waals surface area contributed by atoms with Gasteiger partial charge in [-0.1, -0.05) is 24.3 Å². The lowest BCUT2D eigenvalue weighted by Crippen LogP contribution is -2.22. The smallest absolute Gasteiger partial charge is 0.338 e. The molecule has 0 fully saturated rings. The van der Waals surface area contributed by atoms with Gasteiger partial charge in [-0.25, -0.2) is 17.5 Å². The van der Waals surface area contributed by atoms with Crippen molar-refractivity contribution in [3.05, 3.63) is 65.2 Å². The van der Waals surface area contributed by atoms with Crippen molar-refractivity contribution < 1.29 is 17.9 Å². The van der Waals surface area contributed by atoms with Gasteiger partial charge in [0.1, 0.15) is 6.10 Å². The zero-order valence-corrected chi connectivity index (χ0v) is 15.1. The van der Waals surface area contributed by atoms with Crippen LogP contribution in [0.25, 0.3) is 0 Å². The van der Waals surface area contributed by atoms with E-state index in [-0.39, 0.29) is 11.0 Å². The maximum absolute atomic E-state index is 12.4. The Bertz CT molecular complexity index is 873. The quantitative estimate of drug-likeness (QED) is 0.787. The molecule has 3 rings (SSSR count). The molecule has 6 heteroatoms. The molecule has 2 aromatic carbocycles. The monoisotopic (exact) mass is 359 g/mol. The minimum atomic E-state index is -3.51. The van der Waals surface area contributed by atoms with Gasteiger partial charge in [0.15, 0.2) is 0 Å². The third-order valence-electron chi connectivity index (χ3n) is 4.43. The van der Waals surface area contributed by atoms with Crippen LogP contribution < -0.4 is 0 Å². The van der Waals surface area contributed by atoms with Crippen LogP contribution in [-0.2, 0) is 21.2 Å². The van der Waals surface area contributed by atoms with E-state index >= 15 is 0 Å². The fraction of sp³-hybridized carbons (Fsp3) is 0.316. The van der Waals surface area contributed by atoms with Gasteiger partial charge in [-0.2, -0.15) is 0 Å². The zero-order chi connectivity index (χ0) is 18.0. The number of carbonyl (C=O) groups is 1. The summed E-state index contributed by atoms with van der Waals surface area (Å²) in [7, 11) is -0.565. The van der Waals surface area contributed by atoms with Gasteiger partial charge in [-0.3, -0.25) is 0 Å². The number of rotatable bonds is 4. The molecule has 0 spiro atoms. The number of fused-ring (bicyclic) bond motifs is 1. The number of hydrogen-bond acceptors (Lipinski definition) is 4. The number of benzene rings is 2. The SMILES string of the molecule is CN(C)S(=O)(=O)c1ccc(C(=O)O[C@H]2CCCc3ccccc32)cc1. The summed E-state index contributed by atoms with van der Waals surface area (Å²) in [5.74, 6) is -0.435. The first-order valence-electron chi connectivity index (χ1n) is 8.21. The molecule has 25 heavy (non-hydrogen) atoms. The topological polar surface area (TPSA) is 63.7 Å². The number of sulfonamides is 1. The average molecular weight is 359 g/mol. The summed E-state index contributed by atoms with van der Waals surface area (Å²) >= 11 is 0. The lowest BCUT2D eigenvalue weighted by Gasteiger charge is -2.25. The Balaban J connectivity index is 1.77.